The van der Waals surface area contributed by atoms with Gasteiger partial charge in [-0.05, 0) is 37.6 Å². The summed E-state index contributed by atoms with van der Waals surface area (Å²) in [6.07, 6.45) is 10.7. The van der Waals surface area contributed by atoms with Crippen LogP contribution in [0.1, 0.15) is 17.7 Å². The van der Waals surface area contributed by atoms with Gasteiger partial charge in [0.2, 0.25) is 5.88 Å². The number of rotatable bonds is 8. The van der Waals surface area contributed by atoms with Gasteiger partial charge in [0.1, 0.15) is 23.5 Å². The van der Waals surface area contributed by atoms with Gasteiger partial charge in [-0.1, -0.05) is 22.9 Å². The van der Waals surface area contributed by atoms with E-state index in [1.165, 1.54) is 24.0 Å². The van der Waals surface area contributed by atoms with Gasteiger partial charge in [-0.3, -0.25) is 4.68 Å². The number of hydrogen-bond donors (Lipinski definition) is 2. The van der Waals surface area contributed by atoms with Crippen molar-refractivity contribution in [2.45, 2.75) is 30.2 Å². The summed E-state index contributed by atoms with van der Waals surface area (Å²) in [7, 11) is 0. The number of anilines is 2. The van der Waals surface area contributed by atoms with E-state index in [2.05, 4.69) is 41.5 Å². The third-order valence-corrected chi connectivity index (χ3v) is 8.23. The maximum Gasteiger partial charge on any atom is 0.233 e. The lowest BCUT2D eigenvalue weighted by Gasteiger charge is -2.35. The van der Waals surface area contributed by atoms with E-state index in [4.69, 9.17) is 16.9 Å². The number of ether oxygens (including phenoxy) is 1. The summed E-state index contributed by atoms with van der Waals surface area (Å²) in [4.78, 5) is 17.7. The first-order valence-corrected chi connectivity index (χ1v) is 12.9. The minimum absolute atomic E-state index is 0.0668. The minimum Gasteiger partial charge on any atom is -0.463 e. The molecule has 0 amide bonds. The first-order chi connectivity index (χ1) is 18.9. The summed E-state index contributed by atoms with van der Waals surface area (Å²) in [6.45, 7) is 1.47. The highest BCUT2D eigenvalue weighted by molar-refractivity contribution is 8.15. The van der Waals surface area contributed by atoms with Crippen LogP contribution in [-0.4, -0.2) is 53.1 Å². The molecule has 2 aliphatic rings. The zero-order valence-corrected chi connectivity index (χ0v) is 21.6. The molecule has 1 aliphatic heterocycles. The standard InChI is InChI=1S/C26H23F2N9OS/c1-3-8-38-21-11-31-22-19(33-21)6-7-30-23(22)32-16-4-5-18(28)17(9-16)26(13-27)20-10-25(20,39-24(29)34-26)14-37-12-15(2)35-36-37/h1,4-7,9,11-12,20H,8,10,13-14H2,2H3,(H2,29,34)(H,30,32)/t20-,25-,26-/m1/s1. The summed E-state index contributed by atoms with van der Waals surface area (Å²) in [5.74, 6) is 2.19. The minimum atomic E-state index is -1.47. The van der Waals surface area contributed by atoms with Crippen molar-refractivity contribution in [1.29, 1.82) is 0 Å². The average Bonchev–Trinajstić information content (AvgIpc) is 3.50. The topological polar surface area (TPSA) is 129 Å². The Kier molecular flexibility index (Phi) is 6.06. The third-order valence-electron chi connectivity index (χ3n) is 6.94. The predicted molar refractivity (Wildman–Crippen MR) is 144 cm³/mol. The van der Waals surface area contributed by atoms with Crippen molar-refractivity contribution in [3.8, 4) is 18.2 Å². The zero-order chi connectivity index (χ0) is 27.2. The quantitative estimate of drug-likeness (QED) is 0.319. The molecule has 3 N–H and O–H groups in total. The molecule has 4 aromatic rings. The number of nitrogens with one attached hydrogen (secondary N) is 1. The van der Waals surface area contributed by atoms with Gasteiger partial charge < -0.3 is 15.8 Å². The molecule has 13 heteroatoms. The maximum atomic E-state index is 15.4. The number of aromatic nitrogens is 6. The van der Waals surface area contributed by atoms with E-state index in [0.29, 0.717) is 35.5 Å². The van der Waals surface area contributed by atoms with E-state index in [1.54, 1.807) is 29.1 Å². The van der Waals surface area contributed by atoms with Crippen molar-refractivity contribution in [2.24, 2.45) is 16.6 Å². The monoisotopic (exact) mass is 547 g/mol. The first-order valence-electron chi connectivity index (χ1n) is 12.1. The zero-order valence-electron chi connectivity index (χ0n) is 20.8. The SMILES string of the molecule is C#CCOc1cnc2c(Nc3ccc(F)c([C@@]4(CF)N=C(N)S[C@@]5(Cn6cc(C)nn6)C[C@H]54)c3)nccc2n1. The van der Waals surface area contributed by atoms with Gasteiger partial charge in [-0.15, -0.1) is 11.5 Å². The molecule has 39 heavy (non-hydrogen) atoms. The number of aryl methyl sites for hydroxylation is 1. The number of nitrogens with two attached hydrogens (primary N) is 1. The summed E-state index contributed by atoms with van der Waals surface area (Å²) >= 11 is 1.39. The molecule has 0 spiro atoms. The highest BCUT2D eigenvalue weighted by Crippen LogP contribution is 2.66. The molecule has 1 aromatic carbocycles. The predicted octanol–water partition coefficient (Wildman–Crippen LogP) is 3.50. The normalized spacial score (nSPS) is 23.5. The lowest BCUT2D eigenvalue weighted by Crippen LogP contribution is -2.41. The third kappa shape index (κ3) is 4.40. The van der Waals surface area contributed by atoms with Gasteiger partial charge in [0.15, 0.2) is 17.6 Å². The van der Waals surface area contributed by atoms with Gasteiger partial charge in [0.25, 0.3) is 0 Å². The number of thioether (sulfide) groups is 1. The Bertz CT molecular complexity index is 1650. The molecule has 3 atom stereocenters. The van der Waals surface area contributed by atoms with Crippen LogP contribution in [0.25, 0.3) is 11.0 Å². The van der Waals surface area contributed by atoms with Crippen LogP contribution in [0.15, 0.2) is 47.8 Å². The van der Waals surface area contributed by atoms with Crippen molar-refractivity contribution in [3.63, 3.8) is 0 Å². The van der Waals surface area contributed by atoms with Crippen molar-refractivity contribution < 1.29 is 13.5 Å². The largest absolute Gasteiger partial charge is 0.463 e. The van der Waals surface area contributed by atoms with E-state index in [-0.39, 0.29) is 29.1 Å². The van der Waals surface area contributed by atoms with E-state index in [9.17, 15) is 0 Å². The van der Waals surface area contributed by atoms with Gasteiger partial charge in [0, 0.05) is 34.3 Å². The van der Waals surface area contributed by atoms with Crippen LogP contribution in [0.2, 0.25) is 0 Å². The number of fused-ring (bicyclic) bond motifs is 2. The van der Waals surface area contributed by atoms with Crippen LogP contribution in [0.5, 0.6) is 5.88 Å². The van der Waals surface area contributed by atoms with Gasteiger partial charge in [0.05, 0.1) is 24.0 Å². The molecule has 1 saturated carbocycles. The van der Waals surface area contributed by atoms with Gasteiger partial charge in [-0.2, -0.15) is 0 Å². The van der Waals surface area contributed by atoms with E-state index < -0.39 is 22.8 Å². The molecule has 6 rings (SSSR count). The number of pyridine rings is 1. The van der Waals surface area contributed by atoms with Gasteiger partial charge in [-0.25, -0.2) is 28.7 Å². The summed E-state index contributed by atoms with van der Waals surface area (Å²) < 4.78 is 37.0. The van der Waals surface area contributed by atoms with Crippen LogP contribution in [-0.2, 0) is 12.1 Å². The fourth-order valence-corrected chi connectivity index (χ4v) is 6.59. The Morgan fingerprint density at radius 1 is 1.33 bits per heavy atom. The van der Waals surface area contributed by atoms with Crippen LogP contribution >= 0.6 is 11.8 Å². The summed E-state index contributed by atoms with van der Waals surface area (Å²) in [6, 6.07) is 6.08. The Balaban J connectivity index is 1.34. The average molecular weight is 548 g/mol. The number of hydrogen-bond acceptors (Lipinski definition) is 10. The van der Waals surface area contributed by atoms with E-state index in [0.717, 1.165) is 5.69 Å². The summed E-state index contributed by atoms with van der Waals surface area (Å²) in [5.41, 5.74) is 7.12. The van der Waals surface area contributed by atoms with Crippen molar-refractivity contribution >= 4 is 39.5 Å². The Labute approximate surface area is 226 Å². The van der Waals surface area contributed by atoms with E-state index >= 15 is 8.78 Å². The second-order valence-electron chi connectivity index (χ2n) is 9.54. The van der Waals surface area contributed by atoms with Gasteiger partial charge >= 0.3 is 0 Å². The van der Waals surface area contributed by atoms with Crippen molar-refractivity contribution in [3.05, 3.63) is 59.9 Å². The molecule has 0 unspecified atom stereocenters. The lowest BCUT2D eigenvalue weighted by molar-refractivity contribution is 0.259. The van der Waals surface area contributed by atoms with Crippen LogP contribution in [0.4, 0.5) is 20.3 Å². The van der Waals surface area contributed by atoms with Crippen LogP contribution in [0, 0.1) is 31.0 Å². The van der Waals surface area contributed by atoms with E-state index in [1.807, 2.05) is 13.1 Å². The highest BCUT2D eigenvalue weighted by atomic mass is 32.2. The number of nitrogens with zero attached hydrogens (tertiary/aromatic N) is 7. The number of benzene rings is 1. The maximum absolute atomic E-state index is 15.4. The molecule has 198 valence electrons. The molecule has 1 fully saturated rings. The Hall–Kier alpha value is -4.31. The molecule has 0 radical (unpaired) electrons. The molecule has 1 aliphatic carbocycles. The summed E-state index contributed by atoms with van der Waals surface area (Å²) in [5, 5.41) is 11.6. The van der Waals surface area contributed by atoms with Crippen LogP contribution < -0.4 is 15.8 Å². The molecular formula is C26H23F2N9OS. The molecular weight excluding hydrogens is 524 g/mol. The Morgan fingerprint density at radius 2 is 2.21 bits per heavy atom. The molecule has 0 saturated heterocycles. The fourth-order valence-electron chi connectivity index (χ4n) is 5.18. The second kappa shape index (κ2) is 9.46. The number of amidine groups is 1. The lowest BCUT2D eigenvalue weighted by atomic mass is 9.84. The smallest absolute Gasteiger partial charge is 0.233 e. The number of alkyl halides is 1. The molecule has 4 heterocycles. The number of halogens is 2. The molecule has 0 bridgehead atoms. The fraction of sp³-hybridized carbons (Fsp3) is 0.308. The Morgan fingerprint density at radius 3 is 2.97 bits per heavy atom. The first kappa shape index (κ1) is 25.0. The highest BCUT2D eigenvalue weighted by Gasteiger charge is 2.68. The van der Waals surface area contributed by atoms with Crippen LogP contribution in [0.3, 0.4) is 0 Å². The van der Waals surface area contributed by atoms with Crippen molar-refractivity contribution in [2.75, 3.05) is 18.6 Å². The molecule has 3 aromatic heterocycles. The second-order valence-corrected chi connectivity index (χ2v) is 11.0. The number of aliphatic imine (C=N–C) groups is 1. The number of terminal acetylenes is 1. The van der Waals surface area contributed by atoms with Crippen molar-refractivity contribution in [1.82, 2.24) is 29.9 Å². The molecule has 10 nitrogen and oxygen atoms in total.